The molecule has 0 atom stereocenters. The number of aryl methyl sites for hydroxylation is 1. The molecule has 0 aliphatic rings. The van der Waals surface area contributed by atoms with Crippen LogP contribution in [0.5, 0.6) is 0 Å². The van der Waals surface area contributed by atoms with Crippen LogP contribution in [-0.4, -0.2) is 5.11 Å². The summed E-state index contributed by atoms with van der Waals surface area (Å²) in [4.78, 5) is 0. The molecule has 1 N–H and O–H groups in total. The van der Waals surface area contributed by atoms with Crippen molar-refractivity contribution >= 4 is 10.8 Å². The standard InChI is InChI=1S/C14H16O/c1-9-10(2)12-6-4-5-7-13(12)14(8-15)11(9)3/h4-7,15H,8H2,1-3H3. The van der Waals surface area contributed by atoms with Gasteiger partial charge in [-0.1, -0.05) is 24.3 Å². The number of fused-ring (bicyclic) bond motifs is 1. The Morgan fingerprint density at radius 1 is 0.867 bits per heavy atom. The summed E-state index contributed by atoms with van der Waals surface area (Å²) >= 11 is 0. The van der Waals surface area contributed by atoms with Crippen LogP contribution in [0.2, 0.25) is 0 Å². The van der Waals surface area contributed by atoms with Crippen LogP contribution in [0.25, 0.3) is 10.8 Å². The molecule has 0 bridgehead atoms. The second-order valence-corrected chi connectivity index (χ2v) is 4.06. The van der Waals surface area contributed by atoms with Crippen LogP contribution in [0.3, 0.4) is 0 Å². The molecule has 0 radical (unpaired) electrons. The SMILES string of the molecule is Cc1c(C)c(CO)c2ccccc2c1C. The van der Waals surface area contributed by atoms with Crippen LogP contribution >= 0.6 is 0 Å². The van der Waals surface area contributed by atoms with Gasteiger partial charge in [0, 0.05) is 0 Å². The average Bonchev–Trinajstić information content (AvgIpc) is 2.27. The van der Waals surface area contributed by atoms with E-state index in [2.05, 4.69) is 32.9 Å². The van der Waals surface area contributed by atoms with E-state index in [1.54, 1.807) is 0 Å². The third-order valence-electron chi connectivity index (χ3n) is 3.39. The van der Waals surface area contributed by atoms with Crippen LogP contribution in [-0.2, 0) is 6.61 Å². The van der Waals surface area contributed by atoms with Crippen LogP contribution in [0.15, 0.2) is 24.3 Å². The first-order chi connectivity index (χ1) is 7.16. The second-order valence-electron chi connectivity index (χ2n) is 4.06. The molecule has 1 heteroatoms. The lowest BCUT2D eigenvalue weighted by atomic mass is 9.91. The van der Waals surface area contributed by atoms with Crippen LogP contribution < -0.4 is 0 Å². The molecule has 0 aliphatic carbocycles. The van der Waals surface area contributed by atoms with Crippen molar-refractivity contribution in [1.82, 2.24) is 0 Å². The number of aliphatic hydroxyl groups excluding tert-OH is 1. The molecule has 2 aromatic rings. The topological polar surface area (TPSA) is 20.2 Å². The normalized spacial score (nSPS) is 10.9. The highest BCUT2D eigenvalue weighted by Crippen LogP contribution is 2.29. The summed E-state index contributed by atoms with van der Waals surface area (Å²) in [6, 6.07) is 8.28. The van der Waals surface area contributed by atoms with Crippen LogP contribution in [0, 0.1) is 20.8 Å². The summed E-state index contributed by atoms with van der Waals surface area (Å²) in [6.45, 7) is 6.47. The maximum atomic E-state index is 9.43. The molecule has 0 aliphatic heterocycles. The smallest absolute Gasteiger partial charge is 0.0690 e. The Bertz CT molecular complexity index is 512. The van der Waals surface area contributed by atoms with Crippen molar-refractivity contribution in [3.63, 3.8) is 0 Å². The van der Waals surface area contributed by atoms with E-state index < -0.39 is 0 Å². The Hall–Kier alpha value is -1.34. The van der Waals surface area contributed by atoms with Crippen molar-refractivity contribution in [3.8, 4) is 0 Å². The molecule has 0 saturated carbocycles. The number of aliphatic hydroxyl groups is 1. The number of hydrogen-bond acceptors (Lipinski definition) is 1. The highest BCUT2D eigenvalue weighted by molar-refractivity contribution is 5.90. The Morgan fingerprint density at radius 2 is 1.47 bits per heavy atom. The monoisotopic (exact) mass is 200 g/mol. The van der Waals surface area contributed by atoms with E-state index in [0.29, 0.717) is 0 Å². The first-order valence-corrected chi connectivity index (χ1v) is 5.25. The molecule has 0 fully saturated rings. The molecule has 1 nitrogen and oxygen atoms in total. The minimum atomic E-state index is 0.119. The predicted octanol–water partition coefficient (Wildman–Crippen LogP) is 3.26. The highest BCUT2D eigenvalue weighted by Gasteiger charge is 2.09. The van der Waals surface area contributed by atoms with Gasteiger partial charge in [0.1, 0.15) is 0 Å². The zero-order chi connectivity index (χ0) is 11.0. The highest BCUT2D eigenvalue weighted by atomic mass is 16.3. The quantitative estimate of drug-likeness (QED) is 0.749. The van der Waals surface area contributed by atoms with Crippen molar-refractivity contribution in [1.29, 1.82) is 0 Å². The summed E-state index contributed by atoms with van der Waals surface area (Å²) in [7, 11) is 0. The van der Waals surface area contributed by atoms with Crippen molar-refractivity contribution in [2.24, 2.45) is 0 Å². The molecule has 0 unspecified atom stereocenters. The van der Waals surface area contributed by atoms with E-state index in [0.717, 1.165) is 5.56 Å². The molecule has 0 amide bonds. The van der Waals surface area contributed by atoms with Crippen LogP contribution in [0.4, 0.5) is 0 Å². The van der Waals surface area contributed by atoms with Gasteiger partial charge in [-0.05, 0) is 53.8 Å². The Kier molecular flexibility index (Phi) is 2.49. The second kappa shape index (κ2) is 3.67. The van der Waals surface area contributed by atoms with Crippen LogP contribution in [0.1, 0.15) is 22.3 Å². The predicted molar refractivity (Wildman–Crippen MR) is 64.1 cm³/mol. The van der Waals surface area contributed by atoms with Gasteiger partial charge in [0.2, 0.25) is 0 Å². The largest absolute Gasteiger partial charge is 0.392 e. The molecule has 0 spiro atoms. The van der Waals surface area contributed by atoms with E-state index in [-0.39, 0.29) is 6.61 Å². The summed E-state index contributed by atoms with van der Waals surface area (Å²) in [6.07, 6.45) is 0. The van der Waals surface area contributed by atoms with Gasteiger partial charge in [0.15, 0.2) is 0 Å². The summed E-state index contributed by atoms with van der Waals surface area (Å²) < 4.78 is 0. The summed E-state index contributed by atoms with van der Waals surface area (Å²) in [5, 5.41) is 11.9. The molecule has 15 heavy (non-hydrogen) atoms. The van der Waals surface area contributed by atoms with Crippen molar-refractivity contribution in [2.75, 3.05) is 0 Å². The average molecular weight is 200 g/mol. The molecular formula is C14H16O. The first kappa shape index (κ1) is 10.2. The Balaban J connectivity index is 2.98. The number of rotatable bonds is 1. The molecule has 2 aromatic carbocycles. The lowest BCUT2D eigenvalue weighted by Crippen LogP contribution is -1.97. The van der Waals surface area contributed by atoms with E-state index >= 15 is 0 Å². The zero-order valence-electron chi connectivity index (χ0n) is 9.46. The zero-order valence-corrected chi connectivity index (χ0v) is 9.46. The Labute approximate surface area is 90.4 Å². The van der Waals surface area contributed by atoms with Gasteiger partial charge >= 0.3 is 0 Å². The van der Waals surface area contributed by atoms with Gasteiger partial charge in [-0.3, -0.25) is 0 Å². The van der Waals surface area contributed by atoms with Crippen molar-refractivity contribution in [2.45, 2.75) is 27.4 Å². The fraction of sp³-hybridized carbons (Fsp3) is 0.286. The molecule has 2 rings (SSSR count). The number of hydrogen-bond donors (Lipinski definition) is 1. The Morgan fingerprint density at radius 3 is 2.07 bits per heavy atom. The minimum Gasteiger partial charge on any atom is -0.392 e. The minimum absolute atomic E-state index is 0.119. The molecule has 0 saturated heterocycles. The maximum absolute atomic E-state index is 9.43. The van der Waals surface area contributed by atoms with Gasteiger partial charge < -0.3 is 5.11 Å². The third-order valence-corrected chi connectivity index (χ3v) is 3.39. The maximum Gasteiger partial charge on any atom is 0.0690 e. The first-order valence-electron chi connectivity index (χ1n) is 5.25. The van der Waals surface area contributed by atoms with Gasteiger partial charge in [-0.25, -0.2) is 0 Å². The fourth-order valence-corrected chi connectivity index (χ4v) is 2.19. The van der Waals surface area contributed by atoms with E-state index in [9.17, 15) is 5.11 Å². The lowest BCUT2D eigenvalue weighted by molar-refractivity contribution is 0.282. The van der Waals surface area contributed by atoms with Gasteiger partial charge in [0.05, 0.1) is 6.61 Å². The van der Waals surface area contributed by atoms with E-state index in [4.69, 9.17) is 0 Å². The van der Waals surface area contributed by atoms with E-state index in [1.807, 2.05) is 12.1 Å². The van der Waals surface area contributed by atoms with Gasteiger partial charge in [0.25, 0.3) is 0 Å². The lowest BCUT2D eigenvalue weighted by Gasteiger charge is -2.14. The van der Waals surface area contributed by atoms with Crippen molar-refractivity contribution in [3.05, 3.63) is 46.5 Å². The molecule has 0 aromatic heterocycles. The van der Waals surface area contributed by atoms with Gasteiger partial charge in [-0.2, -0.15) is 0 Å². The summed E-state index contributed by atoms with van der Waals surface area (Å²) in [5.41, 5.74) is 4.89. The molecule has 78 valence electrons. The van der Waals surface area contributed by atoms with E-state index in [1.165, 1.54) is 27.5 Å². The van der Waals surface area contributed by atoms with Crippen molar-refractivity contribution < 1.29 is 5.11 Å². The molecule has 0 heterocycles. The summed E-state index contributed by atoms with van der Waals surface area (Å²) in [5.74, 6) is 0. The third kappa shape index (κ3) is 1.44. The van der Waals surface area contributed by atoms with Gasteiger partial charge in [-0.15, -0.1) is 0 Å². The number of benzene rings is 2. The fourth-order valence-electron chi connectivity index (χ4n) is 2.19. The molecular weight excluding hydrogens is 184 g/mol.